The Hall–Kier alpha value is -5.02. The highest BCUT2D eigenvalue weighted by atomic mass is 15.2. The van der Waals surface area contributed by atoms with E-state index in [4.69, 9.17) is 0 Å². The number of aromatic nitrogens is 1. The third-order valence-electron chi connectivity index (χ3n) is 8.02. The molecule has 0 atom stereocenters. The summed E-state index contributed by atoms with van der Waals surface area (Å²) in [7, 11) is 0. The third kappa shape index (κ3) is 3.30. The summed E-state index contributed by atoms with van der Waals surface area (Å²) in [5.41, 5.74) is 11.2. The molecule has 39 heavy (non-hydrogen) atoms. The van der Waals surface area contributed by atoms with Crippen LogP contribution in [0, 0.1) is 0 Å². The van der Waals surface area contributed by atoms with Crippen molar-refractivity contribution in [2.75, 3.05) is 4.90 Å². The van der Waals surface area contributed by atoms with Crippen LogP contribution in [0.15, 0.2) is 152 Å². The highest BCUT2D eigenvalue weighted by Gasteiger charge is 2.35. The molecule has 182 valence electrons. The Morgan fingerprint density at radius 3 is 1.74 bits per heavy atom. The van der Waals surface area contributed by atoms with E-state index in [2.05, 4.69) is 161 Å². The van der Waals surface area contributed by atoms with E-state index in [1.54, 1.807) is 0 Å². The van der Waals surface area contributed by atoms with Gasteiger partial charge < -0.3 is 9.47 Å². The SMILES string of the molecule is c1ccc(B2c3cccc(N(c4ccccc4)c4ccccc4)c3-n3c4ccccc4c4cccc2c43)cc1. The molecule has 6 aromatic carbocycles. The zero-order chi connectivity index (χ0) is 25.8. The van der Waals surface area contributed by atoms with Crippen molar-refractivity contribution in [3.8, 4) is 5.69 Å². The summed E-state index contributed by atoms with van der Waals surface area (Å²) < 4.78 is 2.52. The van der Waals surface area contributed by atoms with Gasteiger partial charge in [0.2, 0.25) is 6.71 Å². The molecule has 0 amide bonds. The topological polar surface area (TPSA) is 8.17 Å². The Morgan fingerprint density at radius 2 is 1.03 bits per heavy atom. The van der Waals surface area contributed by atoms with Crippen LogP contribution in [0.5, 0.6) is 0 Å². The minimum atomic E-state index is 0.134. The van der Waals surface area contributed by atoms with Gasteiger partial charge in [-0.1, -0.05) is 121 Å². The Kier molecular flexibility index (Phi) is 4.96. The molecule has 0 saturated heterocycles. The highest BCUT2D eigenvalue weighted by molar-refractivity contribution is 6.98. The van der Waals surface area contributed by atoms with Gasteiger partial charge in [-0.15, -0.1) is 0 Å². The minimum absolute atomic E-state index is 0.134. The number of benzene rings is 6. The van der Waals surface area contributed by atoms with Gasteiger partial charge >= 0.3 is 0 Å². The molecule has 3 heteroatoms. The van der Waals surface area contributed by atoms with Gasteiger partial charge in [-0.2, -0.15) is 0 Å². The standard InChI is InChI=1S/C36H25BN2/c1-4-14-26(15-5-1)37-31-22-12-21-30-29-20-10-11-24-33(29)39(35(30)31)36-32(37)23-13-25-34(36)38(27-16-6-2-7-17-27)28-18-8-3-9-19-28/h1-25H. The van der Waals surface area contributed by atoms with Crippen LogP contribution in [0.1, 0.15) is 0 Å². The monoisotopic (exact) mass is 496 g/mol. The van der Waals surface area contributed by atoms with Crippen molar-refractivity contribution in [3.63, 3.8) is 0 Å². The number of fused-ring (bicyclic) bond motifs is 5. The quantitative estimate of drug-likeness (QED) is 0.236. The van der Waals surface area contributed by atoms with Crippen LogP contribution in [-0.2, 0) is 0 Å². The molecule has 0 spiro atoms. The molecule has 1 aliphatic heterocycles. The van der Waals surface area contributed by atoms with Crippen molar-refractivity contribution >= 4 is 62.0 Å². The largest absolute Gasteiger partial charge is 0.308 e. The van der Waals surface area contributed by atoms with E-state index in [0.29, 0.717) is 0 Å². The lowest BCUT2D eigenvalue weighted by atomic mass is 9.35. The van der Waals surface area contributed by atoms with Crippen molar-refractivity contribution in [2.45, 2.75) is 0 Å². The first-order chi connectivity index (χ1) is 19.4. The maximum absolute atomic E-state index is 2.52. The smallest absolute Gasteiger partial charge is 0.246 e. The van der Waals surface area contributed by atoms with Crippen LogP contribution in [0.2, 0.25) is 0 Å². The molecule has 0 N–H and O–H groups in total. The maximum atomic E-state index is 2.52. The number of hydrogen-bond acceptors (Lipinski definition) is 1. The number of anilines is 3. The maximum Gasteiger partial charge on any atom is 0.246 e. The second kappa shape index (κ2) is 8.78. The summed E-state index contributed by atoms with van der Waals surface area (Å²) in [6.45, 7) is 0.134. The van der Waals surface area contributed by atoms with Gasteiger partial charge in [0.15, 0.2) is 0 Å². The normalized spacial score (nSPS) is 12.1. The van der Waals surface area contributed by atoms with E-state index in [0.717, 1.165) is 11.4 Å². The Labute approximate surface area is 228 Å². The lowest BCUT2D eigenvalue weighted by Crippen LogP contribution is -2.56. The molecule has 0 fully saturated rings. The minimum Gasteiger partial charge on any atom is -0.308 e. The van der Waals surface area contributed by atoms with Crippen LogP contribution < -0.4 is 21.3 Å². The summed E-state index contributed by atoms with van der Waals surface area (Å²) in [5, 5.41) is 2.59. The fourth-order valence-corrected chi connectivity index (χ4v) is 6.47. The van der Waals surface area contributed by atoms with Crippen molar-refractivity contribution in [2.24, 2.45) is 0 Å². The van der Waals surface area contributed by atoms with Crippen molar-refractivity contribution in [3.05, 3.63) is 152 Å². The summed E-state index contributed by atoms with van der Waals surface area (Å²) in [4.78, 5) is 2.40. The zero-order valence-electron chi connectivity index (χ0n) is 21.4. The number of nitrogens with zero attached hydrogens (tertiary/aromatic N) is 2. The average molecular weight is 496 g/mol. The molecule has 1 aliphatic rings. The predicted octanol–water partition coefficient (Wildman–Crippen LogP) is 7.08. The molecule has 2 nitrogen and oxygen atoms in total. The van der Waals surface area contributed by atoms with Gasteiger partial charge in [-0.05, 0) is 47.3 Å². The van der Waals surface area contributed by atoms with Gasteiger partial charge in [0.25, 0.3) is 0 Å². The van der Waals surface area contributed by atoms with Crippen LogP contribution >= 0.6 is 0 Å². The Balaban J connectivity index is 1.54. The summed E-state index contributed by atoms with van der Waals surface area (Å²) in [6, 6.07) is 54.8. The molecule has 8 rings (SSSR count). The first-order valence-corrected chi connectivity index (χ1v) is 13.5. The number of para-hydroxylation sites is 5. The van der Waals surface area contributed by atoms with E-state index in [9.17, 15) is 0 Å². The van der Waals surface area contributed by atoms with E-state index in [-0.39, 0.29) is 6.71 Å². The highest BCUT2D eigenvalue weighted by Crippen LogP contribution is 2.41. The predicted molar refractivity (Wildman–Crippen MR) is 167 cm³/mol. The number of hydrogen-bond donors (Lipinski definition) is 0. The van der Waals surface area contributed by atoms with Crippen LogP contribution in [0.25, 0.3) is 27.5 Å². The Bertz CT molecular complexity index is 1920. The summed E-state index contributed by atoms with van der Waals surface area (Å²) in [5.74, 6) is 0. The molecule has 2 heterocycles. The molecule has 0 aliphatic carbocycles. The Morgan fingerprint density at radius 1 is 0.462 bits per heavy atom. The van der Waals surface area contributed by atoms with Crippen LogP contribution in [0.4, 0.5) is 17.1 Å². The lowest BCUT2D eigenvalue weighted by molar-refractivity contribution is 1.16. The summed E-state index contributed by atoms with van der Waals surface area (Å²) >= 11 is 0. The first kappa shape index (κ1) is 22.0. The second-order valence-electron chi connectivity index (χ2n) is 10.2. The second-order valence-corrected chi connectivity index (χ2v) is 10.2. The van der Waals surface area contributed by atoms with Gasteiger partial charge in [0.05, 0.1) is 16.9 Å². The fourth-order valence-electron chi connectivity index (χ4n) is 6.47. The van der Waals surface area contributed by atoms with Crippen molar-refractivity contribution < 1.29 is 0 Å². The lowest BCUT2D eigenvalue weighted by Gasteiger charge is -2.33. The third-order valence-corrected chi connectivity index (χ3v) is 8.02. The van der Waals surface area contributed by atoms with Crippen molar-refractivity contribution in [1.82, 2.24) is 4.57 Å². The summed E-state index contributed by atoms with van der Waals surface area (Å²) in [6.07, 6.45) is 0. The van der Waals surface area contributed by atoms with E-state index in [1.165, 1.54) is 49.6 Å². The fraction of sp³-hybridized carbons (Fsp3) is 0. The molecule has 1 aromatic heterocycles. The van der Waals surface area contributed by atoms with Crippen molar-refractivity contribution in [1.29, 1.82) is 0 Å². The molecule has 7 aromatic rings. The number of rotatable bonds is 4. The molecule has 0 saturated carbocycles. The average Bonchev–Trinajstić information content (AvgIpc) is 3.35. The molecule has 0 bridgehead atoms. The molecule has 0 radical (unpaired) electrons. The van der Waals surface area contributed by atoms with Gasteiger partial charge in [-0.3, -0.25) is 0 Å². The van der Waals surface area contributed by atoms with E-state index >= 15 is 0 Å². The molecule has 0 unspecified atom stereocenters. The van der Waals surface area contributed by atoms with E-state index < -0.39 is 0 Å². The van der Waals surface area contributed by atoms with Gasteiger partial charge in [-0.25, -0.2) is 0 Å². The van der Waals surface area contributed by atoms with E-state index in [1.807, 2.05) is 0 Å². The molecular weight excluding hydrogens is 471 g/mol. The zero-order valence-corrected chi connectivity index (χ0v) is 21.4. The van der Waals surface area contributed by atoms with Gasteiger partial charge in [0, 0.05) is 27.7 Å². The molecular formula is C36H25BN2. The van der Waals surface area contributed by atoms with Crippen LogP contribution in [-0.4, -0.2) is 11.3 Å². The first-order valence-electron chi connectivity index (χ1n) is 13.5. The van der Waals surface area contributed by atoms with Gasteiger partial charge in [0.1, 0.15) is 0 Å². The van der Waals surface area contributed by atoms with Crippen LogP contribution in [0.3, 0.4) is 0 Å².